The van der Waals surface area contributed by atoms with Gasteiger partial charge in [0, 0.05) is 7.05 Å². The number of carboxylic acid groups (broad SMARTS) is 1. The standard InChI is InChI=1S/C12H11FN2O3/c1-15-8(6-14-11(15)12(16)17)7-18-10-5-3-2-4-9(10)13/h2-6H,7H2,1H3,(H,16,17). The fraction of sp³-hybridized carbons (Fsp3) is 0.167. The van der Waals surface area contributed by atoms with Crippen LogP contribution < -0.4 is 4.74 Å². The normalized spacial score (nSPS) is 10.3. The van der Waals surface area contributed by atoms with Crippen LogP contribution in [0.5, 0.6) is 5.75 Å². The Hall–Kier alpha value is -2.37. The summed E-state index contributed by atoms with van der Waals surface area (Å²) < 4.78 is 19.9. The minimum Gasteiger partial charge on any atom is -0.484 e. The molecule has 0 atom stereocenters. The number of para-hydroxylation sites is 1. The molecule has 0 unspecified atom stereocenters. The number of nitrogens with zero attached hydrogens (tertiary/aromatic N) is 2. The van der Waals surface area contributed by atoms with Crippen molar-refractivity contribution in [2.24, 2.45) is 7.05 Å². The third kappa shape index (κ3) is 2.32. The lowest BCUT2D eigenvalue weighted by Gasteiger charge is -2.07. The lowest BCUT2D eigenvalue weighted by molar-refractivity contribution is 0.0679. The molecule has 6 heteroatoms. The second-order valence-electron chi connectivity index (χ2n) is 3.66. The zero-order valence-electron chi connectivity index (χ0n) is 9.63. The molecule has 2 rings (SSSR count). The highest BCUT2D eigenvalue weighted by atomic mass is 19.1. The second-order valence-corrected chi connectivity index (χ2v) is 3.66. The highest BCUT2D eigenvalue weighted by molar-refractivity contribution is 5.83. The molecule has 5 nitrogen and oxygen atoms in total. The number of hydrogen-bond donors (Lipinski definition) is 1. The molecule has 2 aromatic rings. The monoisotopic (exact) mass is 250 g/mol. The Kier molecular flexibility index (Phi) is 3.27. The van der Waals surface area contributed by atoms with E-state index >= 15 is 0 Å². The Balaban J connectivity index is 2.12. The number of carbonyl (C=O) groups is 1. The van der Waals surface area contributed by atoms with E-state index in [-0.39, 0.29) is 18.2 Å². The molecule has 0 aliphatic heterocycles. The van der Waals surface area contributed by atoms with Crippen LogP contribution in [0.3, 0.4) is 0 Å². The summed E-state index contributed by atoms with van der Waals surface area (Å²) in [6.07, 6.45) is 1.39. The number of hydrogen-bond acceptors (Lipinski definition) is 3. The maximum atomic E-state index is 13.3. The molecule has 0 spiro atoms. The first-order valence-corrected chi connectivity index (χ1v) is 5.21. The number of ether oxygens (including phenoxy) is 1. The molecule has 0 amide bonds. The Morgan fingerprint density at radius 2 is 2.22 bits per heavy atom. The number of halogens is 1. The van der Waals surface area contributed by atoms with Gasteiger partial charge >= 0.3 is 5.97 Å². The first-order chi connectivity index (χ1) is 8.59. The number of rotatable bonds is 4. The summed E-state index contributed by atoms with van der Waals surface area (Å²) in [6.45, 7) is 0.0533. The van der Waals surface area contributed by atoms with Gasteiger partial charge in [-0.25, -0.2) is 14.2 Å². The zero-order valence-corrected chi connectivity index (χ0v) is 9.63. The van der Waals surface area contributed by atoms with Crippen LogP contribution in [0.4, 0.5) is 4.39 Å². The van der Waals surface area contributed by atoms with E-state index in [9.17, 15) is 9.18 Å². The van der Waals surface area contributed by atoms with Gasteiger partial charge in [0.05, 0.1) is 11.9 Å². The summed E-state index contributed by atoms with van der Waals surface area (Å²) in [7, 11) is 1.57. The topological polar surface area (TPSA) is 64.4 Å². The predicted octanol–water partition coefficient (Wildman–Crippen LogP) is 1.84. The summed E-state index contributed by atoms with van der Waals surface area (Å²) in [5, 5.41) is 8.82. The van der Waals surface area contributed by atoms with Crippen molar-refractivity contribution in [1.29, 1.82) is 0 Å². The first kappa shape index (κ1) is 12.1. The van der Waals surface area contributed by atoms with Crippen molar-refractivity contribution in [1.82, 2.24) is 9.55 Å². The van der Waals surface area contributed by atoms with Crippen molar-refractivity contribution in [3.8, 4) is 5.75 Å². The molecule has 1 N–H and O–H groups in total. The number of aromatic nitrogens is 2. The van der Waals surface area contributed by atoms with Crippen molar-refractivity contribution in [3.05, 3.63) is 47.8 Å². The van der Waals surface area contributed by atoms with E-state index in [0.717, 1.165) is 0 Å². The number of carboxylic acids is 1. The van der Waals surface area contributed by atoms with Crippen molar-refractivity contribution < 1.29 is 19.0 Å². The molecular weight excluding hydrogens is 239 g/mol. The third-order valence-corrected chi connectivity index (χ3v) is 2.49. The molecule has 1 heterocycles. The summed E-state index contributed by atoms with van der Waals surface area (Å²) in [5.74, 6) is -1.54. The molecule has 0 saturated heterocycles. The quantitative estimate of drug-likeness (QED) is 0.899. The molecule has 0 saturated carbocycles. The minimum absolute atomic E-state index is 0.0533. The molecular formula is C12H11FN2O3. The number of imidazole rings is 1. The second kappa shape index (κ2) is 4.87. The zero-order chi connectivity index (χ0) is 13.1. The fourth-order valence-electron chi connectivity index (χ4n) is 1.49. The Morgan fingerprint density at radius 3 is 2.83 bits per heavy atom. The Bertz CT molecular complexity index is 580. The Labute approximate surface area is 102 Å². The molecule has 1 aromatic carbocycles. The molecule has 18 heavy (non-hydrogen) atoms. The van der Waals surface area contributed by atoms with Gasteiger partial charge in [0.25, 0.3) is 0 Å². The maximum Gasteiger partial charge on any atom is 0.372 e. The molecule has 0 aliphatic rings. The predicted molar refractivity (Wildman–Crippen MR) is 60.9 cm³/mol. The molecule has 0 bridgehead atoms. The van der Waals surface area contributed by atoms with E-state index in [1.165, 1.54) is 22.9 Å². The van der Waals surface area contributed by atoms with Crippen molar-refractivity contribution in [2.45, 2.75) is 6.61 Å². The van der Waals surface area contributed by atoms with E-state index in [1.54, 1.807) is 19.2 Å². The molecule has 0 fully saturated rings. The summed E-state index contributed by atoms with van der Waals surface area (Å²) in [6, 6.07) is 6.02. The van der Waals surface area contributed by atoms with Gasteiger partial charge in [0.15, 0.2) is 11.6 Å². The van der Waals surface area contributed by atoms with Gasteiger partial charge in [-0.2, -0.15) is 0 Å². The summed E-state index contributed by atoms with van der Waals surface area (Å²) in [5.41, 5.74) is 0.552. The van der Waals surface area contributed by atoms with Crippen LogP contribution in [0.15, 0.2) is 30.5 Å². The molecule has 0 radical (unpaired) electrons. The van der Waals surface area contributed by atoms with Crippen molar-refractivity contribution in [3.63, 3.8) is 0 Å². The van der Waals surface area contributed by atoms with E-state index in [1.807, 2.05) is 0 Å². The third-order valence-electron chi connectivity index (χ3n) is 2.49. The van der Waals surface area contributed by atoms with E-state index in [2.05, 4.69) is 4.98 Å². The summed E-state index contributed by atoms with van der Waals surface area (Å²) in [4.78, 5) is 14.5. The lowest BCUT2D eigenvalue weighted by Crippen LogP contribution is -2.09. The molecule has 0 aliphatic carbocycles. The number of benzene rings is 1. The average molecular weight is 250 g/mol. The highest BCUT2D eigenvalue weighted by Gasteiger charge is 2.13. The van der Waals surface area contributed by atoms with E-state index in [0.29, 0.717) is 5.69 Å². The number of aromatic carboxylic acids is 1. The van der Waals surface area contributed by atoms with Gasteiger partial charge < -0.3 is 14.4 Å². The van der Waals surface area contributed by atoms with Crippen molar-refractivity contribution >= 4 is 5.97 Å². The van der Waals surface area contributed by atoms with Crippen LogP contribution >= 0.6 is 0 Å². The lowest BCUT2D eigenvalue weighted by atomic mass is 10.3. The van der Waals surface area contributed by atoms with E-state index in [4.69, 9.17) is 9.84 Å². The average Bonchev–Trinajstić information content (AvgIpc) is 2.70. The van der Waals surface area contributed by atoms with Gasteiger partial charge in [-0.3, -0.25) is 0 Å². The van der Waals surface area contributed by atoms with Crippen LogP contribution in [0.2, 0.25) is 0 Å². The smallest absolute Gasteiger partial charge is 0.372 e. The largest absolute Gasteiger partial charge is 0.484 e. The van der Waals surface area contributed by atoms with Crippen molar-refractivity contribution in [2.75, 3.05) is 0 Å². The van der Waals surface area contributed by atoms with Gasteiger partial charge in [-0.05, 0) is 12.1 Å². The molecule has 94 valence electrons. The van der Waals surface area contributed by atoms with Crippen LogP contribution in [-0.4, -0.2) is 20.6 Å². The van der Waals surface area contributed by atoms with Gasteiger partial charge in [0.1, 0.15) is 6.61 Å². The van der Waals surface area contributed by atoms with Crippen LogP contribution in [0, 0.1) is 5.82 Å². The minimum atomic E-state index is -1.12. The van der Waals surface area contributed by atoms with Gasteiger partial charge in [-0.15, -0.1) is 0 Å². The fourth-order valence-corrected chi connectivity index (χ4v) is 1.49. The Morgan fingerprint density at radius 1 is 1.50 bits per heavy atom. The maximum absolute atomic E-state index is 13.3. The van der Waals surface area contributed by atoms with Crippen LogP contribution in [0.25, 0.3) is 0 Å². The highest BCUT2D eigenvalue weighted by Crippen LogP contribution is 2.17. The van der Waals surface area contributed by atoms with Crippen LogP contribution in [0.1, 0.15) is 16.3 Å². The molecule has 1 aromatic heterocycles. The SMILES string of the molecule is Cn1c(COc2ccccc2F)cnc1C(=O)O. The first-order valence-electron chi connectivity index (χ1n) is 5.21. The van der Waals surface area contributed by atoms with Gasteiger partial charge in [0.2, 0.25) is 5.82 Å². The van der Waals surface area contributed by atoms with Crippen LogP contribution in [-0.2, 0) is 13.7 Å². The van der Waals surface area contributed by atoms with Gasteiger partial charge in [-0.1, -0.05) is 12.1 Å². The van der Waals surface area contributed by atoms with E-state index < -0.39 is 11.8 Å². The summed E-state index contributed by atoms with van der Waals surface area (Å²) >= 11 is 0.